The van der Waals surface area contributed by atoms with Crippen LogP contribution in [0.3, 0.4) is 0 Å². The molecule has 1 aliphatic heterocycles. The van der Waals surface area contributed by atoms with Gasteiger partial charge in [-0.15, -0.1) is 0 Å². The van der Waals surface area contributed by atoms with Crippen molar-refractivity contribution >= 4 is 5.69 Å². The highest BCUT2D eigenvalue weighted by molar-refractivity contribution is 5.42. The first kappa shape index (κ1) is 19.3. The van der Waals surface area contributed by atoms with E-state index in [0.717, 1.165) is 11.8 Å². The molecule has 0 bridgehead atoms. The van der Waals surface area contributed by atoms with Gasteiger partial charge in [-0.3, -0.25) is 4.98 Å². The van der Waals surface area contributed by atoms with Gasteiger partial charge < -0.3 is 9.64 Å². The maximum absolute atomic E-state index is 13.3. The molecular formula is C21H19F3N4O. The zero-order valence-corrected chi connectivity index (χ0v) is 15.5. The van der Waals surface area contributed by atoms with Crippen LogP contribution in [0.5, 0.6) is 0 Å². The van der Waals surface area contributed by atoms with E-state index < -0.39 is 11.7 Å². The minimum absolute atomic E-state index is 0.104. The van der Waals surface area contributed by atoms with Crippen LogP contribution in [0.15, 0.2) is 61.2 Å². The number of benzene rings is 1. The lowest BCUT2D eigenvalue weighted by atomic mass is 10.0. The zero-order chi connectivity index (χ0) is 20.3. The number of hydrogen-bond donors (Lipinski definition) is 0. The monoisotopic (exact) mass is 400 g/mol. The van der Waals surface area contributed by atoms with Crippen molar-refractivity contribution in [3.05, 3.63) is 83.7 Å². The molecular weight excluding hydrogens is 381 g/mol. The Kier molecular flexibility index (Phi) is 5.44. The molecule has 5 nitrogen and oxygen atoms in total. The second kappa shape index (κ2) is 8.16. The second-order valence-corrected chi connectivity index (χ2v) is 6.79. The first-order valence-electron chi connectivity index (χ1n) is 9.23. The fraction of sp³-hybridized carbons (Fsp3) is 0.286. The van der Waals surface area contributed by atoms with Crippen LogP contribution in [0.25, 0.3) is 0 Å². The Balaban J connectivity index is 1.54. The highest BCUT2D eigenvalue weighted by Crippen LogP contribution is 2.33. The Bertz CT molecular complexity index is 965. The van der Waals surface area contributed by atoms with Gasteiger partial charge in [-0.1, -0.05) is 24.3 Å². The molecule has 0 saturated carbocycles. The summed E-state index contributed by atoms with van der Waals surface area (Å²) in [7, 11) is 0. The molecule has 2 aromatic heterocycles. The van der Waals surface area contributed by atoms with E-state index in [9.17, 15) is 13.2 Å². The molecule has 4 rings (SSSR count). The lowest BCUT2D eigenvalue weighted by Crippen LogP contribution is -2.38. The minimum Gasteiger partial charge on any atom is -0.368 e. The van der Waals surface area contributed by atoms with Crippen molar-refractivity contribution in [1.29, 1.82) is 0 Å². The summed E-state index contributed by atoms with van der Waals surface area (Å²) in [5, 5.41) is 0. The average molecular weight is 400 g/mol. The Morgan fingerprint density at radius 3 is 2.62 bits per heavy atom. The third-order valence-electron chi connectivity index (χ3n) is 4.83. The van der Waals surface area contributed by atoms with Crippen molar-refractivity contribution < 1.29 is 17.9 Å². The summed E-state index contributed by atoms with van der Waals surface area (Å²) in [6.45, 7) is 1.80. The van der Waals surface area contributed by atoms with Crippen LogP contribution >= 0.6 is 0 Å². The van der Waals surface area contributed by atoms with E-state index >= 15 is 0 Å². The molecule has 1 unspecified atom stereocenters. The molecule has 0 aliphatic carbocycles. The van der Waals surface area contributed by atoms with Crippen LogP contribution in [0.1, 0.15) is 28.6 Å². The fourth-order valence-corrected chi connectivity index (χ4v) is 3.44. The molecule has 29 heavy (non-hydrogen) atoms. The Labute approximate surface area is 166 Å². The topological polar surface area (TPSA) is 51.1 Å². The number of nitrogens with zero attached hydrogens (tertiary/aromatic N) is 4. The number of halogens is 3. The standard InChI is InChI=1S/C21H19F3N4O/c22-21(23,24)18-6-2-1-4-15(18)10-16-5-3-7-19(27-16)20-13-28(8-9-29-20)17-11-25-14-26-12-17/h1-7,11-12,14,20H,8-10,13H2. The molecule has 1 saturated heterocycles. The van der Waals surface area contributed by atoms with Crippen molar-refractivity contribution in [2.24, 2.45) is 0 Å². The molecule has 0 amide bonds. The lowest BCUT2D eigenvalue weighted by Gasteiger charge is -2.33. The number of alkyl halides is 3. The number of hydrogen-bond acceptors (Lipinski definition) is 5. The van der Waals surface area contributed by atoms with Gasteiger partial charge in [0.05, 0.1) is 42.5 Å². The van der Waals surface area contributed by atoms with Gasteiger partial charge in [0.25, 0.3) is 0 Å². The molecule has 8 heteroatoms. The van der Waals surface area contributed by atoms with Crippen LogP contribution in [-0.2, 0) is 17.3 Å². The van der Waals surface area contributed by atoms with Gasteiger partial charge in [0.1, 0.15) is 12.4 Å². The molecule has 3 heterocycles. The molecule has 1 aliphatic rings. The Morgan fingerprint density at radius 1 is 1.03 bits per heavy atom. The van der Waals surface area contributed by atoms with Gasteiger partial charge in [-0.25, -0.2) is 9.97 Å². The third-order valence-corrected chi connectivity index (χ3v) is 4.83. The van der Waals surface area contributed by atoms with E-state index in [1.165, 1.54) is 18.5 Å². The van der Waals surface area contributed by atoms with Gasteiger partial charge in [-0.2, -0.15) is 13.2 Å². The third kappa shape index (κ3) is 4.54. The summed E-state index contributed by atoms with van der Waals surface area (Å²) in [6.07, 6.45) is 0.402. The van der Waals surface area contributed by atoms with E-state index in [-0.39, 0.29) is 18.1 Å². The van der Waals surface area contributed by atoms with Gasteiger partial charge >= 0.3 is 6.18 Å². The van der Waals surface area contributed by atoms with E-state index in [4.69, 9.17) is 4.74 Å². The summed E-state index contributed by atoms with van der Waals surface area (Å²) in [6, 6.07) is 11.0. The van der Waals surface area contributed by atoms with Crippen LogP contribution < -0.4 is 4.90 Å². The van der Waals surface area contributed by atoms with E-state index in [1.54, 1.807) is 24.5 Å². The number of morpholine rings is 1. The smallest absolute Gasteiger partial charge is 0.368 e. The lowest BCUT2D eigenvalue weighted by molar-refractivity contribution is -0.138. The van der Waals surface area contributed by atoms with Crippen molar-refractivity contribution in [1.82, 2.24) is 15.0 Å². The largest absolute Gasteiger partial charge is 0.416 e. The molecule has 3 aromatic rings. The van der Waals surface area contributed by atoms with Crippen LogP contribution in [-0.4, -0.2) is 34.6 Å². The minimum atomic E-state index is -4.39. The highest BCUT2D eigenvalue weighted by Gasteiger charge is 2.33. The molecule has 0 N–H and O–H groups in total. The molecule has 1 fully saturated rings. The quantitative estimate of drug-likeness (QED) is 0.661. The molecule has 0 spiro atoms. The first-order valence-corrected chi connectivity index (χ1v) is 9.23. The number of aromatic nitrogens is 3. The summed E-state index contributed by atoms with van der Waals surface area (Å²) >= 11 is 0. The summed E-state index contributed by atoms with van der Waals surface area (Å²) in [5.74, 6) is 0. The SMILES string of the molecule is FC(F)(F)c1ccccc1Cc1cccc(C2CN(c3cncnc3)CCO2)n1. The van der Waals surface area contributed by atoms with Crippen molar-refractivity contribution in [2.75, 3.05) is 24.6 Å². The van der Waals surface area contributed by atoms with Gasteiger partial charge in [0.15, 0.2) is 0 Å². The summed E-state index contributed by atoms with van der Waals surface area (Å²) in [4.78, 5) is 14.8. The maximum Gasteiger partial charge on any atom is 0.416 e. The summed E-state index contributed by atoms with van der Waals surface area (Å²) in [5.41, 5.74) is 1.75. The molecule has 1 aromatic carbocycles. The van der Waals surface area contributed by atoms with E-state index in [1.807, 2.05) is 12.1 Å². The Morgan fingerprint density at radius 2 is 1.83 bits per heavy atom. The van der Waals surface area contributed by atoms with Crippen molar-refractivity contribution in [3.8, 4) is 0 Å². The van der Waals surface area contributed by atoms with Crippen LogP contribution in [0.4, 0.5) is 18.9 Å². The predicted molar refractivity (Wildman–Crippen MR) is 101 cm³/mol. The number of anilines is 1. The highest BCUT2D eigenvalue weighted by atomic mass is 19.4. The predicted octanol–water partition coefficient (Wildman–Crippen LogP) is 4.06. The van der Waals surface area contributed by atoms with Gasteiger partial charge in [0.2, 0.25) is 0 Å². The van der Waals surface area contributed by atoms with Crippen molar-refractivity contribution in [2.45, 2.75) is 18.7 Å². The van der Waals surface area contributed by atoms with Crippen molar-refractivity contribution in [3.63, 3.8) is 0 Å². The zero-order valence-electron chi connectivity index (χ0n) is 15.5. The normalized spacial score (nSPS) is 17.3. The van der Waals surface area contributed by atoms with E-state index in [2.05, 4.69) is 19.9 Å². The van der Waals surface area contributed by atoms with Crippen LogP contribution in [0, 0.1) is 0 Å². The molecule has 150 valence electrons. The maximum atomic E-state index is 13.3. The average Bonchev–Trinajstić information content (AvgIpc) is 2.74. The van der Waals surface area contributed by atoms with Gasteiger partial charge in [-0.05, 0) is 23.8 Å². The van der Waals surface area contributed by atoms with Gasteiger partial charge in [0, 0.05) is 18.7 Å². The number of pyridine rings is 1. The molecule has 0 radical (unpaired) electrons. The second-order valence-electron chi connectivity index (χ2n) is 6.79. The first-order chi connectivity index (χ1) is 14.0. The number of ether oxygens (including phenoxy) is 1. The van der Waals surface area contributed by atoms with E-state index in [0.29, 0.717) is 31.1 Å². The fourth-order valence-electron chi connectivity index (χ4n) is 3.44. The summed E-state index contributed by atoms with van der Waals surface area (Å²) < 4.78 is 45.7. The Hall–Kier alpha value is -3.00. The number of rotatable bonds is 4. The van der Waals surface area contributed by atoms with Crippen LogP contribution in [0.2, 0.25) is 0 Å². The molecule has 1 atom stereocenters.